The van der Waals surface area contributed by atoms with E-state index in [0.29, 0.717) is 6.04 Å². The van der Waals surface area contributed by atoms with E-state index in [9.17, 15) is 0 Å². The Bertz CT molecular complexity index is 211. The van der Waals surface area contributed by atoms with Crippen LogP contribution in [0.25, 0.3) is 0 Å². The lowest BCUT2D eigenvalue weighted by Gasteiger charge is -2.34. The maximum absolute atomic E-state index is 5.50. The third-order valence-corrected chi connectivity index (χ3v) is 4.42. The summed E-state index contributed by atoms with van der Waals surface area (Å²) in [7, 11) is 0. The summed E-state index contributed by atoms with van der Waals surface area (Å²) in [6, 6.07) is 0.706. The molecule has 0 aromatic rings. The zero-order valence-corrected chi connectivity index (χ0v) is 11.8. The van der Waals surface area contributed by atoms with Crippen LogP contribution in [0.2, 0.25) is 0 Å². The summed E-state index contributed by atoms with van der Waals surface area (Å²) in [6.45, 7) is 7.27. The maximum Gasteiger partial charge on any atom is 0.0469 e. The van der Waals surface area contributed by atoms with E-state index in [0.717, 1.165) is 44.8 Å². The summed E-state index contributed by atoms with van der Waals surface area (Å²) in [5.41, 5.74) is 0. The largest absolute Gasteiger partial charge is 0.381 e. The highest BCUT2D eigenvalue weighted by molar-refractivity contribution is 4.81. The fourth-order valence-electron chi connectivity index (χ4n) is 3.23. The van der Waals surface area contributed by atoms with Gasteiger partial charge in [-0.05, 0) is 56.9 Å². The van der Waals surface area contributed by atoms with E-state index in [-0.39, 0.29) is 0 Å². The van der Waals surface area contributed by atoms with Gasteiger partial charge in [0.1, 0.15) is 0 Å². The van der Waals surface area contributed by atoms with Crippen LogP contribution in [0.1, 0.15) is 45.4 Å². The van der Waals surface area contributed by atoms with E-state index in [1.54, 1.807) is 0 Å². The lowest BCUT2D eigenvalue weighted by molar-refractivity contribution is 0.0354. The number of ether oxygens (including phenoxy) is 2. The third-order valence-electron chi connectivity index (χ3n) is 4.42. The highest BCUT2D eigenvalue weighted by Crippen LogP contribution is 2.27. The molecule has 0 amide bonds. The molecule has 2 heterocycles. The van der Waals surface area contributed by atoms with Crippen molar-refractivity contribution in [1.82, 2.24) is 5.32 Å². The number of hydrogen-bond donors (Lipinski definition) is 1. The summed E-state index contributed by atoms with van der Waals surface area (Å²) in [4.78, 5) is 0. The van der Waals surface area contributed by atoms with Gasteiger partial charge in [-0.25, -0.2) is 0 Å². The average molecular weight is 255 g/mol. The van der Waals surface area contributed by atoms with Crippen LogP contribution >= 0.6 is 0 Å². The Balaban J connectivity index is 1.82. The number of hydrogen-bond acceptors (Lipinski definition) is 3. The predicted octanol–water partition coefficient (Wildman–Crippen LogP) is 2.60. The fraction of sp³-hybridized carbons (Fsp3) is 1.00. The molecule has 0 aliphatic carbocycles. The molecule has 2 fully saturated rings. The minimum atomic E-state index is 0.706. The second-order valence-corrected chi connectivity index (χ2v) is 5.80. The first-order chi connectivity index (χ1) is 8.90. The number of nitrogens with one attached hydrogen (secondary N) is 1. The molecule has 3 heteroatoms. The van der Waals surface area contributed by atoms with Crippen LogP contribution in [0.5, 0.6) is 0 Å². The Morgan fingerprint density at radius 3 is 2.22 bits per heavy atom. The predicted molar refractivity (Wildman–Crippen MR) is 73.8 cm³/mol. The normalized spacial score (nSPS) is 25.2. The zero-order valence-electron chi connectivity index (χ0n) is 11.8. The van der Waals surface area contributed by atoms with Crippen molar-refractivity contribution in [2.45, 2.75) is 51.5 Å². The minimum absolute atomic E-state index is 0.706. The molecule has 0 saturated carbocycles. The molecule has 18 heavy (non-hydrogen) atoms. The van der Waals surface area contributed by atoms with Gasteiger partial charge in [0, 0.05) is 32.5 Å². The highest BCUT2D eigenvalue weighted by atomic mass is 16.5. The molecule has 0 aromatic heterocycles. The molecule has 0 radical (unpaired) electrons. The van der Waals surface area contributed by atoms with Crippen molar-refractivity contribution in [2.75, 3.05) is 33.0 Å². The van der Waals surface area contributed by atoms with Gasteiger partial charge in [0.05, 0.1) is 0 Å². The van der Waals surface area contributed by atoms with Gasteiger partial charge in [-0.3, -0.25) is 0 Å². The molecular formula is C15H29NO2. The molecular weight excluding hydrogens is 226 g/mol. The van der Waals surface area contributed by atoms with Gasteiger partial charge < -0.3 is 14.8 Å². The molecule has 0 bridgehead atoms. The second kappa shape index (κ2) is 8.13. The molecule has 0 aromatic carbocycles. The molecule has 2 rings (SSSR count). The van der Waals surface area contributed by atoms with Gasteiger partial charge in [-0.1, -0.05) is 6.92 Å². The first kappa shape index (κ1) is 14.3. The van der Waals surface area contributed by atoms with E-state index in [1.165, 1.54) is 38.5 Å². The fourth-order valence-corrected chi connectivity index (χ4v) is 3.23. The maximum atomic E-state index is 5.50. The molecule has 3 nitrogen and oxygen atoms in total. The van der Waals surface area contributed by atoms with Crippen LogP contribution < -0.4 is 5.32 Å². The molecule has 2 saturated heterocycles. The first-order valence-electron chi connectivity index (χ1n) is 7.79. The smallest absolute Gasteiger partial charge is 0.0469 e. The molecule has 106 valence electrons. The quantitative estimate of drug-likeness (QED) is 0.791. The van der Waals surface area contributed by atoms with E-state index in [1.807, 2.05) is 0 Å². The van der Waals surface area contributed by atoms with Crippen molar-refractivity contribution in [2.24, 2.45) is 11.8 Å². The molecule has 1 atom stereocenters. The lowest BCUT2D eigenvalue weighted by atomic mass is 9.83. The van der Waals surface area contributed by atoms with Crippen molar-refractivity contribution in [3.05, 3.63) is 0 Å². The molecule has 1 N–H and O–H groups in total. The Kier molecular flexibility index (Phi) is 6.46. The molecule has 1 unspecified atom stereocenters. The van der Waals surface area contributed by atoms with Crippen LogP contribution in [0, 0.1) is 11.8 Å². The Morgan fingerprint density at radius 2 is 1.61 bits per heavy atom. The highest BCUT2D eigenvalue weighted by Gasteiger charge is 2.27. The summed E-state index contributed by atoms with van der Waals surface area (Å²) < 4.78 is 11.0. The van der Waals surface area contributed by atoms with Crippen molar-refractivity contribution in [3.63, 3.8) is 0 Å². The SMILES string of the molecule is CCCNC(CC1CCOCC1)C1CCOCC1. The Labute approximate surface area is 112 Å². The topological polar surface area (TPSA) is 30.5 Å². The van der Waals surface area contributed by atoms with E-state index < -0.39 is 0 Å². The average Bonchev–Trinajstić information content (AvgIpc) is 2.45. The van der Waals surface area contributed by atoms with Gasteiger partial charge in [0.15, 0.2) is 0 Å². The van der Waals surface area contributed by atoms with Crippen molar-refractivity contribution >= 4 is 0 Å². The minimum Gasteiger partial charge on any atom is -0.381 e. The van der Waals surface area contributed by atoms with E-state index >= 15 is 0 Å². The standard InChI is InChI=1S/C15H29NO2/c1-2-7-16-15(14-5-10-18-11-6-14)12-13-3-8-17-9-4-13/h13-16H,2-12H2,1H3. The molecule has 0 spiro atoms. The van der Waals surface area contributed by atoms with Crippen molar-refractivity contribution < 1.29 is 9.47 Å². The second-order valence-electron chi connectivity index (χ2n) is 5.80. The number of rotatable bonds is 6. The van der Waals surface area contributed by atoms with Crippen LogP contribution in [-0.2, 0) is 9.47 Å². The molecule has 2 aliphatic heterocycles. The first-order valence-corrected chi connectivity index (χ1v) is 7.79. The summed E-state index contributed by atoms with van der Waals surface area (Å²) in [5, 5.41) is 3.79. The van der Waals surface area contributed by atoms with Crippen LogP contribution in [-0.4, -0.2) is 39.0 Å². The summed E-state index contributed by atoms with van der Waals surface area (Å²) >= 11 is 0. The Morgan fingerprint density at radius 1 is 1.00 bits per heavy atom. The molecule has 2 aliphatic rings. The van der Waals surface area contributed by atoms with E-state index in [2.05, 4.69) is 12.2 Å². The van der Waals surface area contributed by atoms with Crippen molar-refractivity contribution in [1.29, 1.82) is 0 Å². The van der Waals surface area contributed by atoms with Gasteiger partial charge in [-0.15, -0.1) is 0 Å². The van der Waals surface area contributed by atoms with Crippen molar-refractivity contribution in [3.8, 4) is 0 Å². The van der Waals surface area contributed by atoms with Crippen LogP contribution in [0.15, 0.2) is 0 Å². The van der Waals surface area contributed by atoms with E-state index in [4.69, 9.17) is 9.47 Å². The van der Waals surface area contributed by atoms with Crippen LogP contribution in [0.3, 0.4) is 0 Å². The zero-order chi connectivity index (χ0) is 12.6. The van der Waals surface area contributed by atoms with Gasteiger partial charge in [0.25, 0.3) is 0 Å². The lowest BCUT2D eigenvalue weighted by Crippen LogP contribution is -2.41. The van der Waals surface area contributed by atoms with Gasteiger partial charge in [0.2, 0.25) is 0 Å². The Hall–Kier alpha value is -0.120. The monoisotopic (exact) mass is 255 g/mol. The van der Waals surface area contributed by atoms with Gasteiger partial charge in [-0.2, -0.15) is 0 Å². The summed E-state index contributed by atoms with van der Waals surface area (Å²) in [5.74, 6) is 1.70. The third kappa shape index (κ3) is 4.52. The van der Waals surface area contributed by atoms with Gasteiger partial charge >= 0.3 is 0 Å². The summed E-state index contributed by atoms with van der Waals surface area (Å²) in [6.07, 6.45) is 7.57. The van der Waals surface area contributed by atoms with Crippen LogP contribution in [0.4, 0.5) is 0 Å².